The summed E-state index contributed by atoms with van der Waals surface area (Å²) in [7, 11) is 0. The third-order valence-electron chi connectivity index (χ3n) is 5.04. The quantitative estimate of drug-likeness (QED) is 0.811. The van der Waals surface area contributed by atoms with Crippen LogP contribution in [-0.2, 0) is 4.79 Å². The van der Waals surface area contributed by atoms with Crippen molar-refractivity contribution in [3.63, 3.8) is 0 Å². The van der Waals surface area contributed by atoms with E-state index in [-0.39, 0.29) is 17.6 Å². The molecule has 0 aliphatic carbocycles. The molecule has 1 atom stereocenters. The van der Waals surface area contributed by atoms with Crippen LogP contribution < -0.4 is 4.90 Å². The van der Waals surface area contributed by atoms with Gasteiger partial charge in [-0.2, -0.15) is 10.4 Å². The van der Waals surface area contributed by atoms with Crippen LogP contribution in [-0.4, -0.2) is 35.2 Å². The van der Waals surface area contributed by atoms with Gasteiger partial charge in [-0.25, -0.2) is 18.8 Å². The maximum Gasteiger partial charge on any atom is 0.298 e. The van der Waals surface area contributed by atoms with Crippen molar-refractivity contribution in [2.45, 2.75) is 25.3 Å². The summed E-state index contributed by atoms with van der Waals surface area (Å²) in [6.45, 7) is 1.11. The van der Waals surface area contributed by atoms with E-state index in [0.717, 1.165) is 6.07 Å². The molecule has 1 fully saturated rings. The van der Waals surface area contributed by atoms with Crippen molar-refractivity contribution in [2.75, 3.05) is 18.0 Å². The Balaban J connectivity index is 1.43. The maximum absolute atomic E-state index is 13.6. The highest BCUT2D eigenvalue weighted by Gasteiger charge is 2.35. The fraction of sp³-hybridized carbons (Fsp3) is 0.368. The lowest BCUT2D eigenvalue weighted by Gasteiger charge is -2.33. The number of halogens is 2. The van der Waals surface area contributed by atoms with E-state index in [1.54, 1.807) is 6.21 Å². The molecule has 9 heteroatoms. The minimum atomic E-state index is -0.676. The second kappa shape index (κ2) is 7.38. The van der Waals surface area contributed by atoms with E-state index in [1.165, 1.54) is 23.3 Å². The molecule has 2 aliphatic rings. The number of oxazole rings is 1. The third kappa shape index (κ3) is 3.45. The van der Waals surface area contributed by atoms with E-state index in [9.17, 15) is 13.6 Å². The molecule has 3 heterocycles. The Morgan fingerprint density at radius 3 is 2.57 bits per heavy atom. The first kappa shape index (κ1) is 18.1. The topological polar surface area (TPSA) is 85.7 Å². The zero-order chi connectivity index (χ0) is 19.7. The molecular formula is C19H17F2N5O2. The number of hydrogen-bond acceptors (Lipinski definition) is 6. The van der Waals surface area contributed by atoms with Gasteiger partial charge in [0.25, 0.3) is 6.01 Å². The zero-order valence-corrected chi connectivity index (χ0v) is 14.9. The standard InChI is InChI=1S/C19H17F2N5O2/c20-14-7-13(8-15(21)9-14)17-1-4-24-26(17)18(27)12-2-5-25(6-3-12)19-23-11-16(10-22)28-19/h4,7-9,11-12,17H,1-3,5-6H2. The Morgan fingerprint density at radius 1 is 1.21 bits per heavy atom. The number of carbonyl (C=O) groups excluding carboxylic acids is 1. The molecular weight excluding hydrogens is 368 g/mol. The van der Waals surface area contributed by atoms with E-state index < -0.39 is 17.7 Å². The molecule has 1 aromatic carbocycles. The van der Waals surface area contributed by atoms with E-state index in [1.807, 2.05) is 11.0 Å². The molecule has 0 radical (unpaired) electrons. The van der Waals surface area contributed by atoms with Gasteiger partial charge in [-0.15, -0.1) is 0 Å². The summed E-state index contributed by atoms with van der Waals surface area (Å²) in [5, 5.41) is 14.3. The highest BCUT2D eigenvalue weighted by Crippen LogP contribution is 2.33. The van der Waals surface area contributed by atoms with Gasteiger partial charge in [0.2, 0.25) is 11.7 Å². The van der Waals surface area contributed by atoms with E-state index >= 15 is 0 Å². The summed E-state index contributed by atoms with van der Waals surface area (Å²) in [6.07, 6.45) is 4.52. The SMILES string of the molecule is N#Cc1cnc(N2CCC(C(=O)N3N=CCC3c3cc(F)cc(F)c3)CC2)o1. The van der Waals surface area contributed by atoms with Crippen LogP contribution in [0.2, 0.25) is 0 Å². The number of carbonyl (C=O) groups is 1. The summed E-state index contributed by atoms with van der Waals surface area (Å²) in [6, 6.07) is 5.04. The van der Waals surface area contributed by atoms with Crippen molar-refractivity contribution in [1.82, 2.24) is 9.99 Å². The van der Waals surface area contributed by atoms with Gasteiger partial charge in [0.15, 0.2) is 0 Å². The van der Waals surface area contributed by atoms with Gasteiger partial charge >= 0.3 is 0 Å². The molecule has 2 aliphatic heterocycles. The molecule has 7 nitrogen and oxygen atoms in total. The number of amides is 1. The van der Waals surface area contributed by atoms with Gasteiger partial charge in [-0.1, -0.05) is 0 Å². The average Bonchev–Trinajstić information content (AvgIpc) is 3.36. The van der Waals surface area contributed by atoms with Gasteiger partial charge in [-0.05, 0) is 30.5 Å². The molecule has 0 spiro atoms. The van der Waals surface area contributed by atoms with Gasteiger partial charge in [-0.3, -0.25) is 4.79 Å². The number of anilines is 1. The lowest BCUT2D eigenvalue weighted by molar-refractivity contribution is -0.138. The fourth-order valence-corrected chi connectivity index (χ4v) is 3.64. The number of piperidine rings is 1. The van der Waals surface area contributed by atoms with E-state index in [2.05, 4.69) is 10.1 Å². The summed E-state index contributed by atoms with van der Waals surface area (Å²) < 4.78 is 32.5. The Bertz CT molecular complexity index is 939. The van der Waals surface area contributed by atoms with Crippen LogP contribution in [0.25, 0.3) is 0 Å². The Hall–Kier alpha value is -3.28. The van der Waals surface area contributed by atoms with Gasteiger partial charge in [0.1, 0.15) is 17.7 Å². The minimum Gasteiger partial charge on any atom is -0.413 e. The largest absolute Gasteiger partial charge is 0.413 e. The number of nitriles is 1. The van der Waals surface area contributed by atoms with Crippen molar-refractivity contribution in [1.29, 1.82) is 5.26 Å². The predicted molar refractivity (Wildman–Crippen MR) is 95.2 cm³/mol. The lowest BCUT2D eigenvalue weighted by Crippen LogP contribution is -2.41. The molecule has 1 saturated heterocycles. The Labute approximate surface area is 159 Å². The molecule has 0 saturated carbocycles. The smallest absolute Gasteiger partial charge is 0.298 e. The molecule has 0 N–H and O–H groups in total. The second-order valence-corrected chi connectivity index (χ2v) is 6.82. The van der Waals surface area contributed by atoms with Crippen LogP contribution in [0.1, 0.15) is 36.6 Å². The second-order valence-electron chi connectivity index (χ2n) is 6.82. The van der Waals surface area contributed by atoms with Crippen LogP contribution >= 0.6 is 0 Å². The molecule has 0 bridgehead atoms. The molecule has 1 amide bonds. The molecule has 1 aromatic heterocycles. The monoisotopic (exact) mass is 385 g/mol. The van der Waals surface area contributed by atoms with Crippen LogP contribution in [0.4, 0.5) is 14.8 Å². The summed E-state index contributed by atoms with van der Waals surface area (Å²) in [5.41, 5.74) is 0.393. The van der Waals surface area contributed by atoms with E-state index in [4.69, 9.17) is 9.68 Å². The minimum absolute atomic E-state index is 0.143. The normalized spacial score (nSPS) is 19.8. The predicted octanol–water partition coefficient (Wildman–Crippen LogP) is 3.00. The molecule has 28 heavy (non-hydrogen) atoms. The van der Waals surface area contributed by atoms with Crippen molar-refractivity contribution in [3.05, 3.63) is 47.4 Å². The van der Waals surface area contributed by atoms with Gasteiger partial charge in [0, 0.05) is 37.7 Å². The van der Waals surface area contributed by atoms with Crippen molar-refractivity contribution in [2.24, 2.45) is 11.0 Å². The first-order chi connectivity index (χ1) is 13.5. The van der Waals surface area contributed by atoms with Crippen molar-refractivity contribution in [3.8, 4) is 6.07 Å². The summed E-state index contributed by atoms with van der Waals surface area (Å²) in [4.78, 5) is 18.9. The van der Waals surface area contributed by atoms with Crippen molar-refractivity contribution >= 4 is 18.1 Å². The lowest BCUT2D eigenvalue weighted by atomic mass is 9.94. The number of nitrogens with zero attached hydrogens (tertiary/aromatic N) is 5. The number of benzene rings is 1. The number of rotatable bonds is 3. The van der Waals surface area contributed by atoms with Crippen LogP contribution in [0.5, 0.6) is 0 Å². The Morgan fingerprint density at radius 2 is 1.93 bits per heavy atom. The fourth-order valence-electron chi connectivity index (χ4n) is 3.64. The third-order valence-corrected chi connectivity index (χ3v) is 5.04. The maximum atomic E-state index is 13.6. The molecule has 1 unspecified atom stereocenters. The molecule has 144 valence electrons. The summed E-state index contributed by atoms with van der Waals surface area (Å²) in [5.74, 6) is -1.62. The first-order valence-electron chi connectivity index (χ1n) is 8.97. The zero-order valence-electron chi connectivity index (χ0n) is 14.9. The molecule has 2 aromatic rings. The Kier molecular flexibility index (Phi) is 4.77. The summed E-state index contributed by atoms with van der Waals surface area (Å²) >= 11 is 0. The first-order valence-corrected chi connectivity index (χ1v) is 8.97. The van der Waals surface area contributed by atoms with Crippen molar-refractivity contribution < 1.29 is 18.0 Å². The number of hydrazone groups is 1. The van der Waals surface area contributed by atoms with Gasteiger partial charge in [0.05, 0.1) is 12.2 Å². The van der Waals surface area contributed by atoms with Crippen LogP contribution in [0.15, 0.2) is 33.9 Å². The highest BCUT2D eigenvalue weighted by molar-refractivity contribution is 5.82. The van der Waals surface area contributed by atoms with Gasteiger partial charge < -0.3 is 9.32 Å². The van der Waals surface area contributed by atoms with Crippen LogP contribution in [0, 0.1) is 28.9 Å². The number of hydrogen-bond donors (Lipinski definition) is 0. The van der Waals surface area contributed by atoms with Crippen LogP contribution in [0.3, 0.4) is 0 Å². The highest BCUT2D eigenvalue weighted by atomic mass is 19.1. The van der Waals surface area contributed by atoms with E-state index in [0.29, 0.717) is 43.9 Å². The number of aromatic nitrogens is 1. The average molecular weight is 385 g/mol. The molecule has 4 rings (SSSR count).